The lowest BCUT2D eigenvalue weighted by Crippen LogP contribution is -2.18. The van der Waals surface area contributed by atoms with Gasteiger partial charge in [0.15, 0.2) is 0 Å². The van der Waals surface area contributed by atoms with Crippen molar-refractivity contribution >= 4 is 37.5 Å². The Morgan fingerprint density at radius 2 is 2.36 bits per heavy atom. The van der Waals surface area contributed by atoms with Crippen molar-refractivity contribution in [1.29, 1.82) is 0 Å². The molecule has 0 saturated carbocycles. The summed E-state index contributed by atoms with van der Waals surface area (Å²) in [4.78, 5) is 19.5. The minimum absolute atomic E-state index is 0.170. The number of aromatic amines is 1. The number of hydrogen-bond donors (Lipinski definition) is 1. The van der Waals surface area contributed by atoms with Gasteiger partial charge in [-0.25, -0.2) is 4.98 Å². The molecule has 14 heavy (non-hydrogen) atoms. The molecule has 1 amide bonds. The number of nitrogens with one attached hydrogen (secondary N) is 1. The number of amides is 1. The van der Waals surface area contributed by atoms with Crippen LogP contribution in [0.5, 0.6) is 0 Å². The second-order valence-corrected chi connectivity index (χ2v) is 3.59. The monoisotopic (exact) mass is 253 g/mol. The van der Waals surface area contributed by atoms with Crippen molar-refractivity contribution in [3.05, 3.63) is 24.5 Å². The molecule has 1 aromatic heterocycles. The number of H-pyrrole nitrogens is 1. The number of carbonyl (C=O) groups excluding carboxylic acids is 1. The van der Waals surface area contributed by atoms with Gasteiger partial charge in [0.05, 0.1) is 17.4 Å². The Hall–Kier alpha value is -1.36. The zero-order valence-electron chi connectivity index (χ0n) is 7.49. The summed E-state index contributed by atoms with van der Waals surface area (Å²) in [5.74, 6) is 0. The Kier molecular flexibility index (Phi) is 2.25. The Balaban J connectivity index is 2.48. The molecular formula is C9H8BrN3O. The molecule has 1 aromatic carbocycles. The van der Waals surface area contributed by atoms with E-state index in [0.29, 0.717) is 0 Å². The van der Waals surface area contributed by atoms with E-state index in [1.165, 1.54) is 4.90 Å². The summed E-state index contributed by atoms with van der Waals surface area (Å²) in [6, 6.07) is 5.59. The number of benzene rings is 1. The Morgan fingerprint density at radius 1 is 1.57 bits per heavy atom. The molecule has 2 aromatic rings. The van der Waals surface area contributed by atoms with Gasteiger partial charge in [-0.3, -0.25) is 4.79 Å². The quantitative estimate of drug-likeness (QED) is 0.627. The van der Waals surface area contributed by atoms with Gasteiger partial charge in [0, 0.05) is 28.7 Å². The Labute approximate surface area is 89.1 Å². The van der Waals surface area contributed by atoms with Crippen LogP contribution in [0.25, 0.3) is 11.0 Å². The number of hydrogen-bond acceptors (Lipinski definition) is 2. The van der Waals surface area contributed by atoms with E-state index in [4.69, 9.17) is 0 Å². The molecule has 0 aliphatic rings. The molecule has 2 rings (SSSR count). The Morgan fingerprint density at radius 3 is 3.07 bits per heavy atom. The first kappa shape index (κ1) is 9.21. The minimum atomic E-state index is -0.170. The minimum Gasteiger partial charge on any atom is -0.345 e. The number of aromatic nitrogens is 2. The highest BCUT2D eigenvalue weighted by molar-refractivity contribution is 9.18. The molecular weight excluding hydrogens is 246 g/mol. The molecule has 0 bridgehead atoms. The second kappa shape index (κ2) is 3.42. The van der Waals surface area contributed by atoms with E-state index in [-0.39, 0.29) is 4.82 Å². The molecule has 0 saturated heterocycles. The van der Waals surface area contributed by atoms with Gasteiger partial charge in [-0.05, 0) is 18.2 Å². The van der Waals surface area contributed by atoms with Crippen molar-refractivity contribution in [3.63, 3.8) is 0 Å². The molecule has 0 aliphatic heterocycles. The second-order valence-electron chi connectivity index (χ2n) is 2.92. The molecule has 72 valence electrons. The van der Waals surface area contributed by atoms with Crippen LogP contribution in [-0.4, -0.2) is 21.8 Å². The van der Waals surface area contributed by atoms with Crippen LogP contribution in [0.2, 0.25) is 0 Å². The van der Waals surface area contributed by atoms with Gasteiger partial charge in [-0.2, -0.15) is 0 Å². The van der Waals surface area contributed by atoms with Gasteiger partial charge >= 0.3 is 0 Å². The summed E-state index contributed by atoms with van der Waals surface area (Å²) in [6.07, 6.45) is 1.63. The molecule has 0 aliphatic carbocycles. The Bertz CT molecular complexity index is 480. The van der Waals surface area contributed by atoms with Crippen LogP contribution in [0.15, 0.2) is 24.5 Å². The van der Waals surface area contributed by atoms with E-state index in [1.807, 2.05) is 18.2 Å². The fraction of sp³-hybridized carbons (Fsp3) is 0.111. The smallest absolute Gasteiger partial charge is 0.293 e. The van der Waals surface area contributed by atoms with E-state index < -0.39 is 0 Å². The number of halogens is 1. The third-order valence-electron chi connectivity index (χ3n) is 2.05. The van der Waals surface area contributed by atoms with Crippen LogP contribution in [0.4, 0.5) is 10.5 Å². The van der Waals surface area contributed by atoms with Gasteiger partial charge in [-0.1, -0.05) is 0 Å². The SMILES string of the molecule is CN(C(=O)Br)c1ccc2nc[nH]c2c1. The third-order valence-corrected chi connectivity index (χ3v) is 2.59. The standard InChI is InChI=1S/C9H8BrN3O/c1-13(9(10)14)6-2-3-7-8(4-6)12-5-11-7/h2-5H,1H3,(H,11,12). The lowest BCUT2D eigenvalue weighted by molar-refractivity contribution is 0.267. The summed E-state index contributed by atoms with van der Waals surface area (Å²) in [5, 5.41) is 0. The largest absolute Gasteiger partial charge is 0.345 e. The molecule has 5 heteroatoms. The fourth-order valence-electron chi connectivity index (χ4n) is 1.23. The predicted molar refractivity (Wildman–Crippen MR) is 58.8 cm³/mol. The van der Waals surface area contributed by atoms with Crippen LogP contribution in [0.1, 0.15) is 0 Å². The number of rotatable bonds is 1. The lowest BCUT2D eigenvalue weighted by Gasteiger charge is -2.12. The lowest BCUT2D eigenvalue weighted by atomic mass is 10.2. The number of anilines is 1. The van der Waals surface area contributed by atoms with Crippen LogP contribution in [0, 0.1) is 0 Å². The topological polar surface area (TPSA) is 49.0 Å². The van der Waals surface area contributed by atoms with Gasteiger partial charge in [-0.15, -0.1) is 0 Å². The summed E-state index contributed by atoms with van der Waals surface area (Å²) in [5.41, 5.74) is 2.64. The fourth-order valence-corrected chi connectivity index (χ4v) is 1.44. The maximum atomic E-state index is 11.0. The highest BCUT2D eigenvalue weighted by Crippen LogP contribution is 2.19. The van der Waals surface area contributed by atoms with Crippen molar-refractivity contribution in [3.8, 4) is 0 Å². The van der Waals surface area contributed by atoms with Gasteiger partial charge in [0.2, 0.25) is 0 Å². The highest BCUT2D eigenvalue weighted by Gasteiger charge is 2.07. The average molecular weight is 254 g/mol. The molecule has 0 fully saturated rings. The summed E-state index contributed by atoms with van der Waals surface area (Å²) in [6.45, 7) is 0. The van der Waals surface area contributed by atoms with Crippen molar-refractivity contribution in [1.82, 2.24) is 9.97 Å². The maximum absolute atomic E-state index is 11.0. The van der Waals surface area contributed by atoms with Crippen molar-refractivity contribution in [2.45, 2.75) is 0 Å². The molecule has 0 radical (unpaired) electrons. The van der Waals surface area contributed by atoms with Gasteiger partial charge in [0.25, 0.3) is 4.82 Å². The van der Waals surface area contributed by atoms with Crippen LogP contribution < -0.4 is 4.90 Å². The molecule has 0 atom stereocenters. The van der Waals surface area contributed by atoms with Crippen LogP contribution in [-0.2, 0) is 0 Å². The summed E-state index contributed by atoms with van der Waals surface area (Å²) < 4.78 is 0. The first-order valence-electron chi connectivity index (χ1n) is 4.05. The number of imidazole rings is 1. The van der Waals surface area contributed by atoms with Crippen molar-refractivity contribution in [2.24, 2.45) is 0 Å². The molecule has 1 heterocycles. The van der Waals surface area contributed by atoms with E-state index in [1.54, 1.807) is 13.4 Å². The zero-order chi connectivity index (χ0) is 10.1. The number of nitrogens with zero attached hydrogens (tertiary/aromatic N) is 2. The maximum Gasteiger partial charge on any atom is 0.293 e. The van der Waals surface area contributed by atoms with Gasteiger partial charge in [0.1, 0.15) is 0 Å². The molecule has 0 unspecified atom stereocenters. The average Bonchev–Trinajstić information content (AvgIpc) is 2.62. The van der Waals surface area contributed by atoms with E-state index in [2.05, 4.69) is 25.9 Å². The van der Waals surface area contributed by atoms with E-state index in [0.717, 1.165) is 16.7 Å². The van der Waals surface area contributed by atoms with Crippen LogP contribution >= 0.6 is 15.9 Å². The van der Waals surface area contributed by atoms with Crippen molar-refractivity contribution < 1.29 is 4.79 Å². The third kappa shape index (κ3) is 1.50. The normalized spacial score (nSPS) is 10.4. The first-order chi connectivity index (χ1) is 6.68. The van der Waals surface area contributed by atoms with Gasteiger partial charge < -0.3 is 9.88 Å². The predicted octanol–water partition coefficient (Wildman–Crippen LogP) is 2.51. The van der Waals surface area contributed by atoms with Crippen molar-refractivity contribution in [2.75, 3.05) is 11.9 Å². The summed E-state index contributed by atoms with van der Waals surface area (Å²) in [7, 11) is 1.70. The zero-order valence-corrected chi connectivity index (χ0v) is 9.08. The van der Waals surface area contributed by atoms with E-state index >= 15 is 0 Å². The molecule has 0 spiro atoms. The summed E-state index contributed by atoms with van der Waals surface area (Å²) >= 11 is 2.89. The van der Waals surface area contributed by atoms with Crippen LogP contribution in [0.3, 0.4) is 0 Å². The molecule has 4 nitrogen and oxygen atoms in total. The number of fused-ring (bicyclic) bond motifs is 1. The van der Waals surface area contributed by atoms with E-state index in [9.17, 15) is 4.79 Å². The number of carbonyl (C=O) groups is 1. The first-order valence-corrected chi connectivity index (χ1v) is 4.84. The molecule has 1 N–H and O–H groups in total. The highest BCUT2D eigenvalue weighted by atomic mass is 79.9.